The highest BCUT2D eigenvalue weighted by molar-refractivity contribution is 5.82. The molecule has 0 heterocycles. The van der Waals surface area contributed by atoms with Gasteiger partial charge in [-0.25, -0.2) is 0 Å². The van der Waals surface area contributed by atoms with Gasteiger partial charge < -0.3 is 15.2 Å². The zero-order valence-electron chi connectivity index (χ0n) is 12.7. The molecular weight excluding hydrogens is 270 g/mol. The molecule has 2 rings (SSSR count). The maximum atomic E-state index is 11.9. The molecule has 2 aliphatic rings. The van der Waals surface area contributed by atoms with E-state index in [0.717, 1.165) is 51.4 Å². The van der Waals surface area contributed by atoms with Gasteiger partial charge in [-0.2, -0.15) is 0 Å². The minimum Gasteiger partial charge on any atom is -0.462 e. The van der Waals surface area contributed by atoms with Gasteiger partial charge in [-0.15, -0.1) is 0 Å². The maximum Gasteiger partial charge on any atom is 0.323 e. The highest BCUT2D eigenvalue weighted by atomic mass is 16.6. The molecule has 0 aliphatic heterocycles. The summed E-state index contributed by atoms with van der Waals surface area (Å²) in [5.74, 6) is -0.850. The fourth-order valence-corrected chi connectivity index (χ4v) is 3.11. The predicted octanol–water partition coefficient (Wildman–Crippen LogP) is 2.46. The third kappa shape index (κ3) is 5.65. The van der Waals surface area contributed by atoms with Gasteiger partial charge in [-0.05, 0) is 51.4 Å². The molecule has 0 aromatic carbocycles. The molecule has 0 aromatic heterocycles. The molecule has 0 radical (unpaired) electrons. The SMILES string of the molecule is N[C@H](CC(=O)OC1CCCCC1)C(=O)OC1CCCCC1. The molecule has 21 heavy (non-hydrogen) atoms. The Bertz CT molecular complexity index is 346. The van der Waals surface area contributed by atoms with Crippen LogP contribution in [-0.4, -0.2) is 30.2 Å². The first-order valence-electron chi connectivity index (χ1n) is 8.30. The first-order valence-corrected chi connectivity index (χ1v) is 8.30. The maximum absolute atomic E-state index is 11.9. The van der Waals surface area contributed by atoms with E-state index in [1.54, 1.807) is 0 Å². The number of esters is 2. The average molecular weight is 297 g/mol. The summed E-state index contributed by atoms with van der Waals surface area (Å²) in [6, 6.07) is -0.900. The van der Waals surface area contributed by atoms with Crippen molar-refractivity contribution in [1.82, 2.24) is 0 Å². The first kappa shape index (κ1) is 16.3. The van der Waals surface area contributed by atoms with Gasteiger partial charge in [0.1, 0.15) is 18.2 Å². The lowest BCUT2D eigenvalue weighted by Gasteiger charge is -2.24. The van der Waals surface area contributed by atoms with Crippen LogP contribution in [0.2, 0.25) is 0 Å². The summed E-state index contributed by atoms with van der Waals surface area (Å²) in [5, 5.41) is 0. The Kier molecular flexibility index (Phi) is 6.49. The van der Waals surface area contributed by atoms with E-state index in [9.17, 15) is 9.59 Å². The Labute approximate surface area is 126 Å². The number of carbonyl (C=O) groups excluding carboxylic acids is 2. The molecule has 2 aliphatic carbocycles. The zero-order valence-corrected chi connectivity index (χ0v) is 12.7. The van der Waals surface area contributed by atoms with Crippen molar-refractivity contribution in [1.29, 1.82) is 0 Å². The standard InChI is InChI=1S/C16H27NO4/c17-14(16(19)21-13-9-5-2-6-10-13)11-15(18)20-12-7-3-1-4-8-12/h12-14H,1-11,17H2/t14-/m1/s1. The molecule has 120 valence electrons. The summed E-state index contributed by atoms with van der Waals surface area (Å²) in [6.07, 6.45) is 10.4. The van der Waals surface area contributed by atoms with Crippen LogP contribution in [-0.2, 0) is 19.1 Å². The molecule has 0 bridgehead atoms. The second-order valence-corrected chi connectivity index (χ2v) is 6.26. The van der Waals surface area contributed by atoms with Gasteiger partial charge in [0.15, 0.2) is 0 Å². The van der Waals surface area contributed by atoms with E-state index < -0.39 is 12.0 Å². The van der Waals surface area contributed by atoms with E-state index in [-0.39, 0.29) is 24.6 Å². The quantitative estimate of drug-likeness (QED) is 0.789. The Hall–Kier alpha value is -1.10. The van der Waals surface area contributed by atoms with Crippen molar-refractivity contribution in [3.05, 3.63) is 0 Å². The third-order valence-electron chi connectivity index (χ3n) is 4.37. The van der Waals surface area contributed by atoms with Crippen LogP contribution in [0.4, 0.5) is 0 Å². The van der Waals surface area contributed by atoms with Crippen molar-refractivity contribution in [2.75, 3.05) is 0 Å². The number of hydrogen-bond acceptors (Lipinski definition) is 5. The van der Waals surface area contributed by atoms with Gasteiger partial charge in [0.2, 0.25) is 0 Å². The molecule has 0 saturated heterocycles. The van der Waals surface area contributed by atoms with E-state index in [1.165, 1.54) is 12.8 Å². The molecule has 0 amide bonds. The van der Waals surface area contributed by atoms with Gasteiger partial charge in [-0.1, -0.05) is 12.8 Å². The lowest BCUT2D eigenvalue weighted by atomic mass is 9.97. The monoisotopic (exact) mass is 297 g/mol. The molecule has 2 N–H and O–H groups in total. The number of ether oxygens (including phenoxy) is 2. The fraction of sp³-hybridized carbons (Fsp3) is 0.875. The van der Waals surface area contributed by atoms with Crippen LogP contribution in [0.5, 0.6) is 0 Å². The van der Waals surface area contributed by atoms with Gasteiger partial charge in [0.05, 0.1) is 6.42 Å². The molecule has 2 fully saturated rings. The van der Waals surface area contributed by atoms with Gasteiger partial charge in [0.25, 0.3) is 0 Å². The van der Waals surface area contributed by atoms with E-state index in [1.807, 2.05) is 0 Å². The second-order valence-electron chi connectivity index (χ2n) is 6.26. The van der Waals surface area contributed by atoms with Crippen molar-refractivity contribution in [2.45, 2.75) is 88.9 Å². The second kappa shape index (κ2) is 8.37. The molecule has 5 heteroatoms. The Morgan fingerprint density at radius 2 is 1.33 bits per heavy atom. The Balaban J connectivity index is 1.67. The third-order valence-corrected chi connectivity index (χ3v) is 4.37. The molecule has 1 atom stereocenters. The average Bonchev–Trinajstić information content (AvgIpc) is 2.49. The summed E-state index contributed by atoms with van der Waals surface area (Å²) in [4.78, 5) is 23.7. The summed E-state index contributed by atoms with van der Waals surface area (Å²) in [7, 11) is 0. The summed E-state index contributed by atoms with van der Waals surface area (Å²) < 4.78 is 10.7. The van der Waals surface area contributed by atoms with Crippen LogP contribution in [0.1, 0.15) is 70.6 Å². The largest absolute Gasteiger partial charge is 0.462 e. The van der Waals surface area contributed by atoms with Crippen molar-refractivity contribution in [3.63, 3.8) is 0 Å². The van der Waals surface area contributed by atoms with Crippen LogP contribution in [0.3, 0.4) is 0 Å². The Morgan fingerprint density at radius 3 is 1.86 bits per heavy atom. The minimum absolute atomic E-state index is 0.00724. The summed E-state index contributed by atoms with van der Waals surface area (Å²) >= 11 is 0. The molecule has 0 spiro atoms. The smallest absolute Gasteiger partial charge is 0.323 e. The number of carbonyl (C=O) groups is 2. The van der Waals surface area contributed by atoms with Crippen LogP contribution in [0.25, 0.3) is 0 Å². The summed E-state index contributed by atoms with van der Waals surface area (Å²) in [5.41, 5.74) is 5.77. The van der Waals surface area contributed by atoms with Crippen LogP contribution < -0.4 is 5.73 Å². The topological polar surface area (TPSA) is 78.6 Å². The lowest BCUT2D eigenvalue weighted by Crippen LogP contribution is -2.38. The van der Waals surface area contributed by atoms with Crippen molar-refractivity contribution in [2.24, 2.45) is 5.73 Å². The molecule has 2 saturated carbocycles. The minimum atomic E-state index is -0.900. The lowest BCUT2D eigenvalue weighted by molar-refractivity contribution is -0.159. The molecular formula is C16H27NO4. The van der Waals surface area contributed by atoms with Gasteiger partial charge >= 0.3 is 11.9 Å². The van der Waals surface area contributed by atoms with Gasteiger partial charge in [-0.3, -0.25) is 9.59 Å². The zero-order chi connectivity index (χ0) is 15.1. The van der Waals surface area contributed by atoms with E-state index in [4.69, 9.17) is 15.2 Å². The van der Waals surface area contributed by atoms with Crippen molar-refractivity contribution < 1.29 is 19.1 Å². The fourth-order valence-electron chi connectivity index (χ4n) is 3.11. The van der Waals surface area contributed by atoms with E-state index >= 15 is 0 Å². The van der Waals surface area contributed by atoms with E-state index in [0.29, 0.717) is 0 Å². The highest BCUT2D eigenvalue weighted by Gasteiger charge is 2.26. The molecule has 0 aromatic rings. The number of rotatable bonds is 5. The van der Waals surface area contributed by atoms with Crippen molar-refractivity contribution in [3.8, 4) is 0 Å². The predicted molar refractivity (Wildman–Crippen MR) is 78.5 cm³/mol. The number of nitrogens with two attached hydrogens (primary N) is 1. The molecule has 5 nitrogen and oxygen atoms in total. The van der Waals surface area contributed by atoms with E-state index in [2.05, 4.69) is 0 Å². The Morgan fingerprint density at radius 1 is 0.857 bits per heavy atom. The summed E-state index contributed by atoms with van der Waals surface area (Å²) in [6.45, 7) is 0. The van der Waals surface area contributed by atoms with Crippen LogP contribution in [0.15, 0.2) is 0 Å². The van der Waals surface area contributed by atoms with Crippen LogP contribution >= 0.6 is 0 Å². The van der Waals surface area contributed by atoms with Crippen molar-refractivity contribution >= 4 is 11.9 Å². The normalized spacial score (nSPS) is 22.5. The first-order chi connectivity index (χ1) is 10.1. The number of hydrogen-bond donors (Lipinski definition) is 1. The van der Waals surface area contributed by atoms with Gasteiger partial charge in [0, 0.05) is 0 Å². The van der Waals surface area contributed by atoms with Crippen LogP contribution in [0, 0.1) is 0 Å². The highest BCUT2D eigenvalue weighted by Crippen LogP contribution is 2.22. The molecule has 0 unspecified atom stereocenters.